The third kappa shape index (κ3) is 3.10. The van der Waals surface area contributed by atoms with E-state index in [1.807, 2.05) is 0 Å². The monoisotopic (exact) mass is 257 g/mol. The molecule has 1 unspecified atom stereocenters. The molecule has 0 aromatic heterocycles. The van der Waals surface area contributed by atoms with Crippen molar-refractivity contribution >= 4 is 5.97 Å². The number of carboxylic acid groups (broad SMARTS) is 1. The van der Waals surface area contributed by atoms with Crippen molar-refractivity contribution < 1.29 is 23.8 Å². The number of ether oxygens (including phenoxy) is 2. The normalized spacial score (nSPS) is 12.3. The molecule has 0 radical (unpaired) electrons. The van der Waals surface area contributed by atoms with E-state index in [4.69, 9.17) is 20.3 Å². The molecule has 3 N–H and O–H groups in total. The van der Waals surface area contributed by atoms with Crippen LogP contribution in [0.2, 0.25) is 0 Å². The number of carboxylic acids is 1. The molecule has 6 heteroatoms. The van der Waals surface area contributed by atoms with Gasteiger partial charge in [0.15, 0.2) is 11.5 Å². The average molecular weight is 257 g/mol. The zero-order chi connectivity index (χ0) is 13.9. The number of nitrogens with two attached hydrogens (primary N) is 1. The second-order valence-electron chi connectivity index (χ2n) is 4.01. The van der Waals surface area contributed by atoms with Gasteiger partial charge in [-0.25, -0.2) is 4.39 Å². The van der Waals surface area contributed by atoms with E-state index in [0.29, 0.717) is 0 Å². The Labute approximate surface area is 104 Å². The fourth-order valence-corrected chi connectivity index (χ4v) is 1.47. The molecule has 0 heterocycles. The van der Waals surface area contributed by atoms with Crippen LogP contribution in [0.25, 0.3) is 0 Å². The van der Waals surface area contributed by atoms with Crippen molar-refractivity contribution in [1.29, 1.82) is 0 Å². The highest BCUT2D eigenvalue weighted by molar-refractivity contribution is 5.77. The lowest BCUT2D eigenvalue weighted by Crippen LogP contribution is -2.22. The van der Waals surface area contributed by atoms with Crippen molar-refractivity contribution in [3.05, 3.63) is 23.5 Å². The van der Waals surface area contributed by atoms with Gasteiger partial charge < -0.3 is 20.3 Å². The molecule has 0 aliphatic rings. The molecule has 0 aliphatic heterocycles. The number of carbonyl (C=O) groups is 1. The number of halogens is 1. The quantitative estimate of drug-likeness (QED) is 0.839. The van der Waals surface area contributed by atoms with Crippen molar-refractivity contribution in [3.63, 3.8) is 0 Å². The molecule has 0 spiro atoms. The highest BCUT2D eigenvalue weighted by Gasteiger charge is 2.24. The smallest absolute Gasteiger partial charge is 0.325 e. The first-order valence-electron chi connectivity index (χ1n) is 5.39. The fraction of sp³-hybridized carbons (Fsp3) is 0.417. The van der Waals surface area contributed by atoms with E-state index in [9.17, 15) is 9.18 Å². The average Bonchev–Trinajstić information content (AvgIpc) is 2.29. The third-order valence-corrected chi connectivity index (χ3v) is 2.22. The van der Waals surface area contributed by atoms with Gasteiger partial charge >= 0.3 is 5.97 Å². The molecule has 0 amide bonds. The van der Waals surface area contributed by atoms with Crippen LogP contribution in [0.15, 0.2) is 12.1 Å². The topological polar surface area (TPSA) is 81.8 Å². The highest BCUT2D eigenvalue weighted by Crippen LogP contribution is 2.36. The summed E-state index contributed by atoms with van der Waals surface area (Å²) in [6, 6.07) is 0.790. The molecule has 0 saturated heterocycles. The largest absolute Gasteiger partial charge is 0.493 e. The summed E-state index contributed by atoms with van der Waals surface area (Å²) in [5.74, 6) is -1.62. The lowest BCUT2D eigenvalue weighted by Gasteiger charge is -2.19. The number of hydrogen-bond donors (Lipinski definition) is 2. The number of methoxy groups -OCH3 is 1. The van der Waals surface area contributed by atoms with Gasteiger partial charge in [0.1, 0.15) is 11.9 Å². The second-order valence-corrected chi connectivity index (χ2v) is 4.01. The molecule has 1 aromatic rings. The van der Waals surface area contributed by atoms with Crippen molar-refractivity contribution in [2.45, 2.75) is 26.0 Å². The van der Waals surface area contributed by atoms with E-state index >= 15 is 0 Å². The highest BCUT2D eigenvalue weighted by atomic mass is 19.1. The summed E-state index contributed by atoms with van der Waals surface area (Å²) < 4.78 is 23.8. The minimum absolute atomic E-state index is 0.0491. The Morgan fingerprint density at radius 2 is 2.06 bits per heavy atom. The summed E-state index contributed by atoms with van der Waals surface area (Å²) in [4.78, 5) is 10.9. The molecule has 0 saturated carbocycles. The first-order chi connectivity index (χ1) is 8.36. The van der Waals surface area contributed by atoms with Crippen molar-refractivity contribution in [1.82, 2.24) is 0 Å². The Bertz CT molecular complexity index is 448. The number of aliphatic carboxylic acids is 1. The Balaban J connectivity index is 3.36. The van der Waals surface area contributed by atoms with Crippen molar-refractivity contribution in [2.75, 3.05) is 7.11 Å². The summed E-state index contributed by atoms with van der Waals surface area (Å²) in [6.07, 6.45) is -0.218. The Morgan fingerprint density at radius 1 is 1.44 bits per heavy atom. The summed E-state index contributed by atoms with van der Waals surface area (Å²) in [7, 11) is 1.35. The van der Waals surface area contributed by atoms with Gasteiger partial charge in [0.05, 0.1) is 13.2 Å². The van der Waals surface area contributed by atoms with Crippen LogP contribution in [0.4, 0.5) is 4.39 Å². The summed E-state index contributed by atoms with van der Waals surface area (Å²) >= 11 is 0. The van der Waals surface area contributed by atoms with Gasteiger partial charge in [-0.2, -0.15) is 0 Å². The maximum absolute atomic E-state index is 13.4. The van der Waals surface area contributed by atoms with Gasteiger partial charge in [-0.3, -0.25) is 4.79 Å². The van der Waals surface area contributed by atoms with Gasteiger partial charge in [-0.05, 0) is 19.9 Å². The molecule has 1 atom stereocenters. The van der Waals surface area contributed by atoms with E-state index < -0.39 is 17.8 Å². The maximum Gasteiger partial charge on any atom is 0.325 e. The molecular weight excluding hydrogens is 241 g/mol. The van der Waals surface area contributed by atoms with Crippen LogP contribution in [0.5, 0.6) is 11.5 Å². The molecule has 1 aromatic carbocycles. The molecule has 1 rings (SSSR count). The van der Waals surface area contributed by atoms with Crippen molar-refractivity contribution in [3.8, 4) is 11.5 Å². The van der Waals surface area contributed by atoms with Crippen molar-refractivity contribution in [2.24, 2.45) is 5.73 Å². The molecule has 100 valence electrons. The third-order valence-electron chi connectivity index (χ3n) is 2.22. The Hall–Kier alpha value is -1.82. The van der Waals surface area contributed by atoms with Crippen LogP contribution in [0, 0.1) is 5.82 Å². The summed E-state index contributed by atoms with van der Waals surface area (Å²) in [5, 5.41) is 8.90. The maximum atomic E-state index is 13.4. The van der Waals surface area contributed by atoms with Gasteiger partial charge in [-0.15, -0.1) is 0 Å². The van der Waals surface area contributed by atoms with Crippen LogP contribution in [0.3, 0.4) is 0 Å². The molecule has 0 bridgehead atoms. The minimum Gasteiger partial charge on any atom is -0.493 e. The Kier molecular flexibility index (Phi) is 4.49. The van der Waals surface area contributed by atoms with Crippen LogP contribution in [-0.2, 0) is 4.79 Å². The minimum atomic E-state index is -1.37. The first-order valence-corrected chi connectivity index (χ1v) is 5.39. The SMILES string of the molecule is COc1cc(F)cc(C(N)C(=O)O)c1OC(C)C. The lowest BCUT2D eigenvalue weighted by molar-refractivity contribution is -0.138. The lowest BCUT2D eigenvalue weighted by atomic mass is 10.1. The second kappa shape index (κ2) is 5.68. The predicted octanol–water partition coefficient (Wildman–Crippen LogP) is 1.71. The zero-order valence-electron chi connectivity index (χ0n) is 10.4. The van der Waals surface area contributed by atoms with E-state index in [2.05, 4.69) is 0 Å². The van der Waals surface area contributed by atoms with Gasteiger partial charge in [0.25, 0.3) is 0 Å². The predicted molar refractivity (Wildman–Crippen MR) is 63.3 cm³/mol. The molecule has 0 fully saturated rings. The van der Waals surface area contributed by atoms with Gasteiger partial charge in [0.2, 0.25) is 0 Å². The fourth-order valence-electron chi connectivity index (χ4n) is 1.47. The van der Waals surface area contributed by atoms with Gasteiger partial charge in [-0.1, -0.05) is 0 Å². The molecule has 18 heavy (non-hydrogen) atoms. The van der Waals surface area contributed by atoms with E-state index in [1.165, 1.54) is 7.11 Å². The standard InChI is InChI=1S/C12H16FNO4/c1-6(2)18-11-8(10(14)12(15)16)4-7(13)5-9(11)17-3/h4-6,10H,14H2,1-3H3,(H,15,16). The van der Waals surface area contributed by atoms with Crippen LogP contribution < -0.4 is 15.2 Å². The summed E-state index contributed by atoms with van der Waals surface area (Å²) in [6.45, 7) is 3.53. The molecule has 5 nitrogen and oxygen atoms in total. The Morgan fingerprint density at radius 3 is 2.50 bits per heavy atom. The van der Waals surface area contributed by atoms with Crippen LogP contribution >= 0.6 is 0 Å². The van der Waals surface area contributed by atoms with Crippen LogP contribution in [0.1, 0.15) is 25.5 Å². The van der Waals surface area contributed by atoms with Gasteiger partial charge in [0, 0.05) is 11.6 Å². The van der Waals surface area contributed by atoms with E-state index in [1.54, 1.807) is 13.8 Å². The molecule has 0 aliphatic carbocycles. The first kappa shape index (κ1) is 14.2. The summed E-state index contributed by atoms with van der Waals surface area (Å²) in [5.41, 5.74) is 5.55. The van der Waals surface area contributed by atoms with Crippen LogP contribution in [-0.4, -0.2) is 24.3 Å². The zero-order valence-corrected chi connectivity index (χ0v) is 10.4. The number of rotatable bonds is 5. The van der Waals surface area contributed by atoms with E-state index in [-0.39, 0.29) is 23.2 Å². The number of benzene rings is 1. The molecular formula is C12H16FNO4. The van der Waals surface area contributed by atoms with E-state index in [0.717, 1.165) is 12.1 Å². The number of hydrogen-bond acceptors (Lipinski definition) is 4.